The number of amides is 1. The molecule has 0 saturated carbocycles. The van der Waals surface area contributed by atoms with Crippen molar-refractivity contribution >= 4 is 11.6 Å². The van der Waals surface area contributed by atoms with Crippen molar-refractivity contribution in [3.8, 4) is 0 Å². The second kappa shape index (κ2) is 6.67. The Labute approximate surface area is 124 Å². The maximum absolute atomic E-state index is 12.0. The summed E-state index contributed by atoms with van der Waals surface area (Å²) in [6, 6.07) is 6.47. The topological polar surface area (TPSA) is 75.5 Å². The molecule has 1 N–H and O–H groups in total. The van der Waals surface area contributed by atoms with Crippen LogP contribution in [-0.2, 0) is 4.79 Å². The van der Waals surface area contributed by atoms with Crippen LogP contribution in [0.4, 0.5) is 5.69 Å². The van der Waals surface area contributed by atoms with Crippen LogP contribution in [0, 0.1) is 16.0 Å². The van der Waals surface area contributed by atoms with Gasteiger partial charge in [-0.2, -0.15) is 0 Å². The molecule has 0 aliphatic carbocycles. The lowest BCUT2D eigenvalue weighted by atomic mass is 10.1. The summed E-state index contributed by atoms with van der Waals surface area (Å²) in [6.07, 6.45) is 1.74. The van der Waals surface area contributed by atoms with Crippen molar-refractivity contribution in [2.75, 3.05) is 13.1 Å². The van der Waals surface area contributed by atoms with E-state index in [2.05, 4.69) is 19.2 Å². The Morgan fingerprint density at radius 1 is 1.48 bits per heavy atom. The second-order valence-corrected chi connectivity index (χ2v) is 5.76. The van der Waals surface area contributed by atoms with E-state index in [9.17, 15) is 14.9 Å². The van der Waals surface area contributed by atoms with Crippen molar-refractivity contribution in [2.24, 2.45) is 5.92 Å². The van der Waals surface area contributed by atoms with Gasteiger partial charge >= 0.3 is 0 Å². The van der Waals surface area contributed by atoms with Crippen LogP contribution < -0.4 is 5.32 Å². The molecule has 0 radical (unpaired) electrons. The predicted octanol–water partition coefficient (Wildman–Crippen LogP) is 2.46. The minimum absolute atomic E-state index is 0.0512. The summed E-state index contributed by atoms with van der Waals surface area (Å²) in [5.41, 5.74) is 0.815. The average Bonchev–Trinajstić information content (AvgIpc) is 2.80. The Morgan fingerprint density at radius 2 is 2.24 bits per heavy atom. The first-order valence-electron chi connectivity index (χ1n) is 7.26. The maximum Gasteiger partial charge on any atom is 0.269 e. The Morgan fingerprint density at radius 3 is 2.90 bits per heavy atom. The van der Waals surface area contributed by atoms with Gasteiger partial charge in [-0.3, -0.25) is 20.2 Å². The lowest BCUT2D eigenvalue weighted by molar-refractivity contribution is -0.385. The SMILES string of the molecule is CC(C)CCCN1C(=O)CNC1c1cccc([N+](=O)[O-])c1. The summed E-state index contributed by atoms with van der Waals surface area (Å²) in [6.45, 7) is 5.27. The van der Waals surface area contributed by atoms with E-state index < -0.39 is 4.92 Å². The van der Waals surface area contributed by atoms with Gasteiger partial charge in [-0.1, -0.05) is 26.0 Å². The van der Waals surface area contributed by atoms with Crippen LogP contribution >= 0.6 is 0 Å². The van der Waals surface area contributed by atoms with Gasteiger partial charge in [-0.25, -0.2) is 0 Å². The summed E-state index contributed by atoms with van der Waals surface area (Å²) in [4.78, 5) is 24.2. The number of hydrogen-bond acceptors (Lipinski definition) is 4. The first kappa shape index (κ1) is 15.4. The first-order valence-corrected chi connectivity index (χ1v) is 7.26. The molecule has 0 bridgehead atoms. The molecule has 2 rings (SSSR count). The monoisotopic (exact) mass is 291 g/mol. The van der Waals surface area contributed by atoms with Gasteiger partial charge in [0, 0.05) is 18.7 Å². The molecule has 1 aliphatic heterocycles. The highest BCUT2D eigenvalue weighted by Crippen LogP contribution is 2.26. The van der Waals surface area contributed by atoms with Gasteiger partial charge < -0.3 is 4.90 Å². The number of nitro groups is 1. The third-order valence-corrected chi connectivity index (χ3v) is 3.66. The molecular formula is C15H21N3O3. The number of nitrogens with one attached hydrogen (secondary N) is 1. The highest BCUT2D eigenvalue weighted by atomic mass is 16.6. The zero-order chi connectivity index (χ0) is 15.4. The van der Waals surface area contributed by atoms with Crippen LogP contribution in [0.1, 0.15) is 38.4 Å². The largest absolute Gasteiger partial charge is 0.322 e. The molecule has 1 aromatic rings. The predicted molar refractivity (Wildman–Crippen MR) is 79.6 cm³/mol. The second-order valence-electron chi connectivity index (χ2n) is 5.76. The Kier molecular flexibility index (Phi) is 4.90. The first-order chi connectivity index (χ1) is 9.99. The number of carbonyl (C=O) groups excluding carboxylic acids is 1. The fraction of sp³-hybridized carbons (Fsp3) is 0.533. The molecule has 6 nitrogen and oxygen atoms in total. The van der Waals surface area contributed by atoms with Gasteiger partial charge in [0.05, 0.1) is 11.5 Å². The zero-order valence-electron chi connectivity index (χ0n) is 12.4. The number of hydrogen-bond donors (Lipinski definition) is 1. The van der Waals surface area contributed by atoms with E-state index in [4.69, 9.17) is 0 Å². The van der Waals surface area contributed by atoms with E-state index in [1.807, 2.05) is 6.07 Å². The summed E-state index contributed by atoms with van der Waals surface area (Å²) >= 11 is 0. The van der Waals surface area contributed by atoms with Crippen LogP contribution in [-0.4, -0.2) is 28.8 Å². The van der Waals surface area contributed by atoms with Crippen LogP contribution in [0.3, 0.4) is 0 Å². The van der Waals surface area contributed by atoms with Gasteiger partial charge in [0.25, 0.3) is 5.69 Å². The molecule has 1 amide bonds. The molecule has 0 aromatic heterocycles. The molecule has 1 heterocycles. The van der Waals surface area contributed by atoms with Gasteiger partial charge in [0.1, 0.15) is 6.17 Å². The van der Waals surface area contributed by atoms with E-state index >= 15 is 0 Å². The van der Waals surface area contributed by atoms with Crippen molar-refractivity contribution < 1.29 is 9.72 Å². The molecule has 114 valence electrons. The molecule has 1 saturated heterocycles. The average molecular weight is 291 g/mol. The third kappa shape index (κ3) is 3.78. The molecule has 6 heteroatoms. The number of carbonyl (C=O) groups is 1. The Bertz CT molecular complexity index is 531. The van der Waals surface area contributed by atoms with Crippen molar-refractivity contribution in [2.45, 2.75) is 32.9 Å². The lowest BCUT2D eigenvalue weighted by Gasteiger charge is -2.25. The third-order valence-electron chi connectivity index (χ3n) is 3.66. The highest BCUT2D eigenvalue weighted by Gasteiger charge is 2.31. The molecule has 1 atom stereocenters. The standard InChI is InChI=1S/C15H21N3O3/c1-11(2)5-4-8-17-14(19)10-16-15(17)12-6-3-7-13(9-12)18(20)21/h3,6-7,9,11,15-16H,4-5,8,10H2,1-2H3. The van der Waals surface area contributed by atoms with Crippen LogP contribution in [0.25, 0.3) is 0 Å². The molecule has 1 fully saturated rings. The van der Waals surface area contributed by atoms with Crippen molar-refractivity contribution in [1.82, 2.24) is 10.2 Å². The van der Waals surface area contributed by atoms with Crippen LogP contribution in [0.15, 0.2) is 24.3 Å². The Balaban J connectivity index is 2.11. The van der Waals surface area contributed by atoms with Crippen molar-refractivity contribution in [3.63, 3.8) is 0 Å². The van der Waals surface area contributed by atoms with E-state index in [1.54, 1.807) is 11.0 Å². The van der Waals surface area contributed by atoms with Gasteiger partial charge in [0.2, 0.25) is 5.91 Å². The molecule has 1 unspecified atom stereocenters. The number of nitro benzene ring substituents is 1. The smallest absolute Gasteiger partial charge is 0.269 e. The summed E-state index contributed by atoms with van der Waals surface area (Å²) in [5, 5.41) is 14.0. The van der Waals surface area contributed by atoms with E-state index in [1.165, 1.54) is 12.1 Å². The van der Waals surface area contributed by atoms with Crippen LogP contribution in [0.2, 0.25) is 0 Å². The fourth-order valence-corrected chi connectivity index (χ4v) is 2.57. The quantitative estimate of drug-likeness (QED) is 0.645. The molecule has 21 heavy (non-hydrogen) atoms. The molecule has 1 aromatic carbocycles. The van der Waals surface area contributed by atoms with E-state index in [0.717, 1.165) is 18.4 Å². The number of rotatable bonds is 6. The normalized spacial score (nSPS) is 18.5. The summed E-state index contributed by atoms with van der Waals surface area (Å²) in [7, 11) is 0. The maximum atomic E-state index is 12.0. The number of nitrogens with zero attached hydrogens (tertiary/aromatic N) is 2. The summed E-state index contributed by atoms with van der Waals surface area (Å²) < 4.78 is 0. The van der Waals surface area contributed by atoms with Gasteiger partial charge in [-0.15, -0.1) is 0 Å². The van der Waals surface area contributed by atoms with Crippen molar-refractivity contribution in [3.05, 3.63) is 39.9 Å². The van der Waals surface area contributed by atoms with Gasteiger partial charge in [0.15, 0.2) is 0 Å². The minimum atomic E-state index is -0.413. The molecule has 0 spiro atoms. The van der Waals surface area contributed by atoms with Crippen molar-refractivity contribution in [1.29, 1.82) is 0 Å². The Hall–Kier alpha value is -1.95. The number of benzene rings is 1. The fourth-order valence-electron chi connectivity index (χ4n) is 2.57. The lowest BCUT2D eigenvalue weighted by Crippen LogP contribution is -2.31. The molecule has 1 aliphatic rings. The van der Waals surface area contributed by atoms with E-state index in [0.29, 0.717) is 12.5 Å². The highest BCUT2D eigenvalue weighted by molar-refractivity contribution is 5.81. The minimum Gasteiger partial charge on any atom is -0.322 e. The van der Waals surface area contributed by atoms with E-state index in [-0.39, 0.29) is 24.3 Å². The number of non-ortho nitro benzene ring substituents is 1. The van der Waals surface area contributed by atoms with Crippen LogP contribution in [0.5, 0.6) is 0 Å². The van der Waals surface area contributed by atoms with Gasteiger partial charge in [-0.05, 0) is 24.3 Å². The summed E-state index contributed by atoms with van der Waals surface area (Å²) in [5.74, 6) is 0.655. The molecular weight excluding hydrogens is 270 g/mol. The zero-order valence-corrected chi connectivity index (χ0v) is 12.4.